The molecule has 1 aliphatic heterocycles. The third-order valence-electron chi connectivity index (χ3n) is 3.88. The molecule has 0 radical (unpaired) electrons. The zero-order chi connectivity index (χ0) is 16.8. The molecular weight excluding hydrogens is 304 g/mol. The fraction of sp³-hybridized carbons (Fsp3) is 0.263. The van der Waals surface area contributed by atoms with Crippen LogP contribution in [0.1, 0.15) is 24.0 Å². The quantitative estimate of drug-likeness (QED) is 0.888. The lowest BCUT2D eigenvalue weighted by Gasteiger charge is -2.10. The average Bonchev–Trinajstić information content (AvgIpc) is 2.79. The number of rotatable bonds is 5. The molecular formula is C19H20N2O3. The van der Waals surface area contributed by atoms with E-state index in [4.69, 9.17) is 4.74 Å². The van der Waals surface area contributed by atoms with Crippen molar-refractivity contribution in [1.82, 2.24) is 5.32 Å². The number of carbonyl (C=O) groups excluding carboxylic acids is 2. The molecule has 0 spiro atoms. The molecule has 0 aromatic heterocycles. The minimum Gasteiger partial charge on any atom is -0.491 e. The van der Waals surface area contributed by atoms with Gasteiger partial charge in [-0.2, -0.15) is 0 Å². The topological polar surface area (TPSA) is 67.4 Å². The summed E-state index contributed by atoms with van der Waals surface area (Å²) in [6, 6.07) is 15.5. The Morgan fingerprint density at radius 2 is 1.96 bits per heavy atom. The first-order valence-electron chi connectivity index (χ1n) is 8.07. The number of ether oxygens (including phenoxy) is 1. The molecule has 0 saturated heterocycles. The van der Waals surface area contributed by atoms with Gasteiger partial charge in [0.1, 0.15) is 5.75 Å². The van der Waals surface area contributed by atoms with Gasteiger partial charge in [-0.25, -0.2) is 0 Å². The monoisotopic (exact) mass is 324 g/mol. The number of hydrogen-bond donors (Lipinski definition) is 2. The fourth-order valence-electron chi connectivity index (χ4n) is 2.57. The van der Waals surface area contributed by atoms with E-state index >= 15 is 0 Å². The van der Waals surface area contributed by atoms with Gasteiger partial charge in [0.2, 0.25) is 11.8 Å². The highest BCUT2D eigenvalue weighted by Gasteiger charge is 2.14. The molecule has 2 N–H and O–H groups in total. The summed E-state index contributed by atoms with van der Waals surface area (Å²) in [6.07, 6.45) is 1.52. The number of fused-ring (bicyclic) bond motifs is 1. The lowest BCUT2D eigenvalue weighted by atomic mass is 10.1. The average molecular weight is 324 g/mol. The highest BCUT2D eigenvalue weighted by molar-refractivity contribution is 5.93. The van der Waals surface area contributed by atoms with Crippen molar-refractivity contribution >= 4 is 17.5 Å². The number of aryl methyl sites for hydroxylation is 1. The van der Waals surface area contributed by atoms with Crippen molar-refractivity contribution in [2.75, 3.05) is 11.9 Å². The van der Waals surface area contributed by atoms with Crippen molar-refractivity contribution in [2.24, 2.45) is 0 Å². The van der Waals surface area contributed by atoms with E-state index in [9.17, 15) is 9.59 Å². The van der Waals surface area contributed by atoms with Gasteiger partial charge in [-0.05, 0) is 29.7 Å². The highest BCUT2D eigenvalue weighted by Crippen LogP contribution is 2.28. The van der Waals surface area contributed by atoms with Crippen molar-refractivity contribution < 1.29 is 14.3 Å². The van der Waals surface area contributed by atoms with Crippen molar-refractivity contribution in [1.29, 1.82) is 0 Å². The van der Waals surface area contributed by atoms with E-state index < -0.39 is 0 Å². The van der Waals surface area contributed by atoms with E-state index in [-0.39, 0.29) is 11.8 Å². The van der Waals surface area contributed by atoms with Crippen molar-refractivity contribution in [3.8, 4) is 5.75 Å². The van der Waals surface area contributed by atoms with Gasteiger partial charge in [-0.3, -0.25) is 9.59 Å². The van der Waals surface area contributed by atoms with E-state index in [1.807, 2.05) is 48.5 Å². The van der Waals surface area contributed by atoms with Crippen molar-refractivity contribution in [2.45, 2.75) is 25.8 Å². The van der Waals surface area contributed by atoms with Crippen LogP contribution in [0.4, 0.5) is 5.69 Å². The Bertz CT molecular complexity index is 729. The summed E-state index contributed by atoms with van der Waals surface area (Å²) in [5.74, 6) is 0.617. The molecule has 2 aromatic rings. The van der Waals surface area contributed by atoms with Gasteiger partial charge in [0.15, 0.2) is 0 Å². The molecule has 5 nitrogen and oxygen atoms in total. The van der Waals surface area contributed by atoms with Crippen LogP contribution < -0.4 is 15.4 Å². The van der Waals surface area contributed by atoms with Gasteiger partial charge in [0, 0.05) is 13.0 Å². The molecule has 0 aliphatic carbocycles. The third-order valence-corrected chi connectivity index (χ3v) is 3.88. The van der Waals surface area contributed by atoms with Crippen LogP contribution in [0.15, 0.2) is 48.5 Å². The second kappa shape index (κ2) is 7.64. The van der Waals surface area contributed by atoms with Crippen LogP contribution in [0.2, 0.25) is 0 Å². The molecule has 0 saturated carbocycles. The Balaban J connectivity index is 1.53. The Morgan fingerprint density at radius 1 is 1.12 bits per heavy atom. The van der Waals surface area contributed by atoms with Gasteiger partial charge in [-0.1, -0.05) is 36.4 Å². The standard InChI is InChI=1S/C19H20N2O3/c22-18(9-7-14-4-2-1-3-5-14)20-13-15-6-8-17-16(12-15)21-19(23)10-11-24-17/h1-6,8,12H,7,9-11,13H2,(H,20,22)(H,21,23). The summed E-state index contributed by atoms with van der Waals surface area (Å²) in [7, 11) is 0. The first kappa shape index (κ1) is 16.1. The normalized spacial score (nSPS) is 13.2. The van der Waals surface area contributed by atoms with Crippen molar-refractivity contribution in [3.05, 3.63) is 59.7 Å². The highest BCUT2D eigenvalue weighted by atomic mass is 16.5. The first-order valence-corrected chi connectivity index (χ1v) is 8.07. The molecule has 5 heteroatoms. The minimum absolute atomic E-state index is 0.00841. The first-order chi connectivity index (χ1) is 11.7. The van der Waals surface area contributed by atoms with Gasteiger partial charge in [0.25, 0.3) is 0 Å². The molecule has 0 unspecified atom stereocenters. The summed E-state index contributed by atoms with van der Waals surface area (Å²) in [4.78, 5) is 23.6. The second-order valence-corrected chi connectivity index (χ2v) is 5.74. The maximum absolute atomic E-state index is 12.0. The van der Waals surface area contributed by atoms with Gasteiger partial charge < -0.3 is 15.4 Å². The molecule has 0 bridgehead atoms. The Hall–Kier alpha value is -2.82. The zero-order valence-electron chi connectivity index (χ0n) is 13.4. The molecule has 1 aliphatic rings. The Kier molecular flexibility index (Phi) is 5.11. The maximum Gasteiger partial charge on any atom is 0.227 e. The smallest absolute Gasteiger partial charge is 0.227 e. The molecule has 2 amide bonds. The number of hydrogen-bond acceptors (Lipinski definition) is 3. The Morgan fingerprint density at radius 3 is 2.79 bits per heavy atom. The lowest BCUT2D eigenvalue weighted by Crippen LogP contribution is -2.23. The van der Waals surface area contributed by atoms with E-state index in [1.54, 1.807) is 0 Å². The molecule has 2 aromatic carbocycles. The molecule has 3 rings (SSSR count). The second-order valence-electron chi connectivity index (χ2n) is 5.74. The third kappa shape index (κ3) is 4.35. The van der Waals surface area contributed by atoms with Crippen LogP contribution in [-0.2, 0) is 22.6 Å². The number of benzene rings is 2. The van der Waals surface area contributed by atoms with E-state index in [0.29, 0.717) is 37.4 Å². The van der Waals surface area contributed by atoms with E-state index in [1.165, 1.54) is 0 Å². The number of nitrogens with one attached hydrogen (secondary N) is 2. The van der Waals surface area contributed by atoms with Crippen LogP contribution in [0.25, 0.3) is 0 Å². The molecule has 0 atom stereocenters. The summed E-state index contributed by atoms with van der Waals surface area (Å²) in [6.45, 7) is 0.811. The maximum atomic E-state index is 12.0. The van der Waals surface area contributed by atoms with E-state index in [0.717, 1.165) is 17.5 Å². The number of amides is 2. The summed E-state index contributed by atoms with van der Waals surface area (Å²) >= 11 is 0. The van der Waals surface area contributed by atoms with Crippen LogP contribution in [-0.4, -0.2) is 18.4 Å². The summed E-state index contributed by atoms with van der Waals surface area (Å²) < 4.78 is 5.52. The molecule has 124 valence electrons. The van der Waals surface area contributed by atoms with Gasteiger partial charge >= 0.3 is 0 Å². The van der Waals surface area contributed by atoms with Gasteiger partial charge in [-0.15, -0.1) is 0 Å². The van der Waals surface area contributed by atoms with Crippen LogP contribution in [0.3, 0.4) is 0 Å². The van der Waals surface area contributed by atoms with Gasteiger partial charge in [0.05, 0.1) is 18.7 Å². The summed E-state index contributed by atoms with van der Waals surface area (Å²) in [5.41, 5.74) is 2.73. The summed E-state index contributed by atoms with van der Waals surface area (Å²) in [5, 5.41) is 5.73. The lowest BCUT2D eigenvalue weighted by molar-refractivity contribution is -0.121. The molecule has 24 heavy (non-hydrogen) atoms. The number of carbonyl (C=O) groups is 2. The largest absolute Gasteiger partial charge is 0.491 e. The van der Waals surface area contributed by atoms with Crippen molar-refractivity contribution in [3.63, 3.8) is 0 Å². The van der Waals surface area contributed by atoms with E-state index in [2.05, 4.69) is 10.6 Å². The number of anilines is 1. The fourth-order valence-corrected chi connectivity index (χ4v) is 2.57. The van der Waals surface area contributed by atoms with Crippen LogP contribution in [0.5, 0.6) is 5.75 Å². The molecule has 0 fully saturated rings. The predicted octanol–water partition coefficient (Wildman–Crippen LogP) is 2.66. The zero-order valence-corrected chi connectivity index (χ0v) is 13.4. The SMILES string of the molecule is O=C(CCc1ccccc1)NCc1ccc2c(c1)NC(=O)CCO2. The molecule has 1 heterocycles. The van der Waals surface area contributed by atoms with Crippen LogP contribution in [0, 0.1) is 0 Å². The predicted molar refractivity (Wildman–Crippen MR) is 91.8 cm³/mol. The Labute approximate surface area is 141 Å². The minimum atomic E-state index is -0.0576. The van der Waals surface area contributed by atoms with Crippen LogP contribution >= 0.6 is 0 Å².